The number of allylic oxidation sites excluding steroid dienone is 6. The zero-order valence-corrected chi connectivity index (χ0v) is 16.7. The van der Waals surface area contributed by atoms with Crippen LogP contribution in [-0.2, 0) is 7.05 Å². The summed E-state index contributed by atoms with van der Waals surface area (Å²) >= 11 is 6.42. The predicted octanol–water partition coefficient (Wildman–Crippen LogP) is 4.41. The fourth-order valence-corrected chi connectivity index (χ4v) is 3.16. The van der Waals surface area contributed by atoms with Crippen molar-refractivity contribution in [3.8, 4) is 22.6 Å². The van der Waals surface area contributed by atoms with Gasteiger partial charge in [-0.05, 0) is 31.1 Å². The first-order valence-corrected chi connectivity index (χ1v) is 9.17. The van der Waals surface area contributed by atoms with E-state index in [0.29, 0.717) is 22.0 Å². The van der Waals surface area contributed by atoms with Crippen LogP contribution in [0.1, 0.15) is 11.3 Å². The molecular weight excluding hydrogens is 376 g/mol. The van der Waals surface area contributed by atoms with Crippen molar-refractivity contribution in [1.29, 1.82) is 0 Å². The fraction of sp³-hybridized carbons (Fsp3) is 0.182. The van der Waals surface area contributed by atoms with Gasteiger partial charge in [0.1, 0.15) is 18.1 Å². The van der Waals surface area contributed by atoms with Gasteiger partial charge < -0.3 is 9.84 Å². The molecule has 1 aromatic carbocycles. The Hall–Kier alpha value is -3.05. The normalized spacial score (nSPS) is 13.2. The molecule has 1 N–H and O–H groups in total. The van der Waals surface area contributed by atoms with Crippen LogP contribution in [0.25, 0.3) is 11.1 Å². The molecular formula is C22H21ClN2O3. The smallest absolute Gasteiger partial charge is 0.278 e. The summed E-state index contributed by atoms with van der Waals surface area (Å²) in [6.45, 7) is 3.74. The molecule has 6 heteroatoms. The molecule has 0 radical (unpaired) electrons. The third-order valence-electron chi connectivity index (χ3n) is 4.40. The Kier molecular flexibility index (Phi) is 5.85. The van der Waals surface area contributed by atoms with E-state index >= 15 is 0 Å². The monoisotopic (exact) mass is 396 g/mol. The summed E-state index contributed by atoms with van der Waals surface area (Å²) in [4.78, 5) is 12.8. The van der Waals surface area contributed by atoms with Crippen LogP contribution in [-0.4, -0.2) is 21.5 Å². The van der Waals surface area contributed by atoms with E-state index in [1.54, 1.807) is 26.1 Å². The van der Waals surface area contributed by atoms with Crippen LogP contribution >= 0.6 is 11.6 Å². The van der Waals surface area contributed by atoms with E-state index in [4.69, 9.17) is 16.3 Å². The van der Waals surface area contributed by atoms with Crippen LogP contribution in [0.2, 0.25) is 5.02 Å². The quantitative estimate of drug-likeness (QED) is 0.831. The molecule has 0 saturated carbocycles. The van der Waals surface area contributed by atoms with Crippen LogP contribution < -0.4 is 10.3 Å². The summed E-state index contributed by atoms with van der Waals surface area (Å²) in [5.41, 5.74) is 2.24. The molecule has 0 aliphatic heterocycles. The highest BCUT2D eigenvalue weighted by molar-refractivity contribution is 6.32. The second kappa shape index (κ2) is 8.31. The van der Waals surface area contributed by atoms with E-state index in [1.165, 1.54) is 4.68 Å². The predicted molar refractivity (Wildman–Crippen MR) is 112 cm³/mol. The van der Waals surface area contributed by atoms with Crippen LogP contribution in [0, 0.1) is 13.8 Å². The first-order chi connectivity index (χ1) is 13.4. The lowest BCUT2D eigenvalue weighted by Gasteiger charge is -2.17. The first kappa shape index (κ1) is 19.7. The van der Waals surface area contributed by atoms with Crippen LogP contribution in [0.4, 0.5) is 0 Å². The minimum Gasteiger partial charge on any atom is -0.505 e. The zero-order valence-electron chi connectivity index (χ0n) is 15.9. The highest BCUT2D eigenvalue weighted by atomic mass is 35.5. The number of benzene rings is 1. The van der Waals surface area contributed by atoms with Gasteiger partial charge in [-0.3, -0.25) is 4.79 Å². The average Bonchev–Trinajstić information content (AvgIpc) is 2.63. The summed E-state index contributed by atoms with van der Waals surface area (Å²) in [5.74, 6) is 0.187. The van der Waals surface area contributed by atoms with Crippen molar-refractivity contribution < 1.29 is 9.84 Å². The van der Waals surface area contributed by atoms with Crippen molar-refractivity contribution in [3.05, 3.63) is 86.9 Å². The van der Waals surface area contributed by atoms with E-state index in [9.17, 15) is 9.90 Å². The topological polar surface area (TPSA) is 64.3 Å². The number of aromatic nitrogens is 2. The number of aromatic hydroxyl groups is 1. The second-order valence-electron chi connectivity index (χ2n) is 6.47. The largest absolute Gasteiger partial charge is 0.505 e. The minimum atomic E-state index is -0.420. The number of nitrogens with zero attached hydrogens (tertiary/aromatic N) is 2. The minimum absolute atomic E-state index is 0.134. The Labute approximate surface area is 168 Å². The van der Waals surface area contributed by atoms with Gasteiger partial charge in [-0.15, -0.1) is 0 Å². The van der Waals surface area contributed by atoms with Crippen molar-refractivity contribution in [2.45, 2.75) is 13.8 Å². The third kappa shape index (κ3) is 3.94. The Morgan fingerprint density at radius 2 is 1.82 bits per heavy atom. The molecule has 1 aliphatic rings. The summed E-state index contributed by atoms with van der Waals surface area (Å²) in [5, 5.41) is 15.0. The SMILES string of the molecule is Cc1ccc(Cl)c(OCC2=CC=CC=CC=C2)c1-c1c(O)c(C)nn(C)c1=O. The third-order valence-corrected chi connectivity index (χ3v) is 4.70. The lowest BCUT2D eigenvalue weighted by atomic mass is 9.99. The van der Waals surface area contributed by atoms with Gasteiger partial charge in [-0.2, -0.15) is 5.10 Å². The van der Waals surface area contributed by atoms with Gasteiger partial charge in [0, 0.05) is 12.6 Å². The Morgan fingerprint density at radius 3 is 2.61 bits per heavy atom. The molecule has 0 spiro atoms. The highest BCUT2D eigenvalue weighted by Crippen LogP contribution is 2.41. The van der Waals surface area contributed by atoms with Crippen molar-refractivity contribution in [2.24, 2.45) is 7.05 Å². The van der Waals surface area contributed by atoms with E-state index < -0.39 is 5.56 Å². The average molecular weight is 397 g/mol. The summed E-state index contributed by atoms with van der Waals surface area (Å²) in [6.07, 6.45) is 13.5. The van der Waals surface area contributed by atoms with Crippen molar-refractivity contribution >= 4 is 11.6 Å². The Morgan fingerprint density at radius 1 is 1.11 bits per heavy atom. The van der Waals surface area contributed by atoms with Gasteiger partial charge in [0.15, 0.2) is 5.75 Å². The maximum absolute atomic E-state index is 12.8. The van der Waals surface area contributed by atoms with Crippen LogP contribution in [0.5, 0.6) is 11.5 Å². The van der Waals surface area contributed by atoms with E-state index in [2.05, 4.69) is 5.10 Å². The molecule has 144 valence electrons. The molecule has 0 bridgehead atoms. The number of ether oxygens (including phenoxy) is 1. The van der Waals surface area contributed by atoms with Crippen molar-refractivity contribution in [1.82, 2.24) is 9.78 Å². The van der Waals surface area contributed by atoms with E-state index in [0.717, 1.165) is 11.1 Å². The summed E-state index contributed by atoms with van der Waals surface area (Å²) in [7, 11) is 1.54. The zero-order chi connectivity index (χ0) is 20.3. The van der Waals surface area contributed by atoms with Gasteiger partial charge >= 0.3 is 0 Å². The van der Waals surface area contributed by atoms with Crippen LogP contribution in [0.15, 0.2) is 65.0 Å². The molecule has 0 atom stereocenters. The van der Waals surface area contributed by atoms with E-state index in [-0.39, 0.29) is 17.9 Å². The second-order valence-corrected chi connectivity index (χ2v) is 6.87. The lowest BCUT2D eigenvalue weighted by molar-refractivity contribution is 0.356. The van der Waals surface area contributed by atoms with Gasteiger partial charge in [-0.1, -0.05) is 60.2 Å². The molecule has 1 aliphatic carbocycles. The molecule has 0 fully saturated rings. The lowest BCUT2D eigenvalue weighted by Crippen LogP contribution is -2.23. The number of aryl methyl sites for hydroxylation is 3. The van der Waals surface area contributed by atoms with Crippen molar-refractivity contribution in [2.75, 3.05) is 6.61 Å². The molecule has 28 heavy (non-hydrogen) atoms. The van der Waals surface area contributed by atoms with E-state index in [1.807, 2.05) is 49.5 Å². The van der Waals surface area contributed by atoms with Gasteiger partial charge in [0.25, 0.3) is 5.56 Å². The Balaban J connectivity index is 2.10. The molecule has 0 saturated heterocycles. The molecule has 3 rings (SSSR count). The number of halogens is 1. The Bertz CT molecular complexity index is 1090. The highest BCUT2D eigenvalue weighted by Gasteiger charge is 2.22. The standard InChI is InChI=1S/C22H21ClN2O3/c1-14-11-12-17(23)21(28-13-16-9-7-5-4-6-8-10-16)18(14)19-20(26)15(2)24-25(3)22(19)27/h4-12,26H,13H2,1-3H3. The molecule has 1 aromatic heterocycles. The van der Waals surface area contributed by atoms with Gasteiger partial charge in [0.05, 0.1) is 10.6 Å². The van der Waals surface area contributed by atoms with Gasteiger partial charge in [-0.25, -0.2) is 4.68 Å². The molecule has 2 aromatic rings. The van der Waals surface area contributed by atoms with Gasteiger partial charge in [0.2, 0.25) is 0 Å². The molecule has 0 amide bonds. The van der Waals surface area contributed by atoms with Crippen molar-refractivity contribution in [3.63, 3.8) is 0 Å². The molecule has 1 heterocycles. The van der Waals surface area contributed by atoms with Crippen LogP contribution in [0.3, 0.4) is 0 Å². The maximum Gasteiger partial charge on any atom is 0.278 e. The maximum atomic E-state index is 12.8. The summed E-state index contributed by atoms with van der Waals surface area (Å²) in [6, 6.07) is 3.51. The molecule has 0 unspecified atom stereocenters. The number of rotatable bonds is 4. The fourth-order valence-electron chi connectivity index (χ4n) is 2.95. The molecule has 5 nitrogen and oxygen atoms in total. The number of hydrogen-bond acceptors (Lipinski definition) is 4. The number of hydrogen-bond donors (Lipinski definition) is 1. The summed E-state index contributed by atoms with van der Waals surface area (Å²) < 4.78 is 7.24. The first-order valence-electron chi connectivity index (χ1n) is 8.80.